The number of rotatable bonds is 5. The van der Waals surface area contributed by atoms with Crippen LogP contribution >= 0.6 is 0 Å². The summed E-state index contributed by atoms with van der Waals surface area (Å²) in [5.74, 6) is 0.648. The van der Waals surface area contributed by atoms with Crippen LogP contribution in [0.5, 0.6) is 0 Å². The van der Waals surface area contributed by atoms with Gasteiger partial charge in [0.1, 0.15) is 5.82 Å². The molecule has 34 heavy (non-hydrogen) atoms. The van der Waals surface area contributed by atoms with E-state index < -0.39 is 17.6 Å². The van der Waals surface area contributed by atoms with Crippen LogP contribution in [0, 0.1) is 0 Å². The Hall–Kier alpha value is -3.26. The third kappa shape index (κ3) is 4.97. The number of benzene rings is 1. The van der Waals surface area contributed by atoms with Crippen molar-refractivity contribution in [2.45, 2.75) is 39.4 Å². The summed E-state index contributed by atoms with van der Waals surface area (Å²) in [6, 6.07) is 6.89. The molecule has 4 rings (SSSR count). The summed E-state index contributed by atoms with van der Waals surface area (Å²) < 4.78 is 39.1. The molecular weight excluding hydrogens is 441 g/mol. The number of carbonyl (C=O) groups is 1. The molecule has 2 aliphatic heterocycles. The predicted octanol–water partition coefficient (Wildman–Crippen LogP) is 5.84. The van der Waals surface area contributed by atoms with E-state index in [0.29, 0.717) is 12.0 Å². The summed E-state index contributed by atoms with van der Waals surface area (Å²) in [4.78, 5) is 18.6. The number of anilines is 2. The molecule has 8 heteroatoms. The molecule has 1 aromatic heterocycles. The van der Waals surface area contributed by atoms with Crippen LogP contribution in [0.1, 0.15) is 38.3 Å². The van der Waals surface area contributed by atoms with Gasteiger partial charge in [0.2, 0.25) is 0 Å². The van der Waals surface area contributed by atoms with E-state index in [1.165, 1.54) is 17.7 Å². The van der Waals surface area contributed by atoms with Crippen molar-refractivity contribution in [2.75, 3.05) is 30.3 Å². The van der Waals surface area contributed by atoms with Crippen LogP contribution in [0.2, 0.25) is 0 Å². The molecule has 2 aromatic rings. The zero-order valence-corrected chi connectivity index (χ0v) is 19.5. The van der Waals surface area contributed by atoms with Crippen molar-refractivity contribution in [3.63, 3.8) is 0 Å². The summed E-state index contributed by atoms with van der Waals surface area (Å²) in [6.45, 7) is 8.34. The number of carbonyl (C=O) groups excluding carboxylic acids is 1. The molecule has 0 spiro atoms. The van der Waals surface area contributed by atoms with Gasteiger partial charge in [-0.15, -0.1) is 0 Å². The summed E-state index contributed by atoms with van der Waals surface area (Å²) in [7, 11) is 0. The molecule has 180 valence electrons. The minimum Gasteiger partial charge on any atom is -0.367 e. The molecule has 0 saturated heterocycles. The Morgan fingerprint density at radius 2 is 2.09 bits per heavy atom. The number of alkyl halides is 3. The first-order valence-corrected chi connectivity index (χ1v) is 11.4. The van der Waals surface area contributed by atoms with Gasteiger partial charge in [0.25, 0.3) is 5.91 Å². The Morgan fingerprint density at radius 1 is 1.29 bits per heavy atom. The zero-order chi connectivity index (χ0) is 24.5. The van der Waals surface area contributed by atoms with E-state index in [1.807, 2.05) is 19.2 Å². The number of hydrogen-bond acceptors (Lipinski definition) is 3. The highest BCUT2D eigenvalue weighted by molar-refractivity contribution is 6.07. The summed E-state index contributed by atoms with van der Waals surface area (Å²) in [5, 5.41) is 6.05. The fourth-order valence-corrected chi connectivity index (χ4v) is 4.64. The van der Waals surface area contributed by atoms with Crippen molar-refractivity contribution in [2.24, 2.45) is 0 Å². The number of H-pyrrole nitrogens is 1. The molecule has 0 radical (unpaired) electrons. The summed E-state index contributed by atoms with van der Waals surface area (Å²) in [6.07, 6.45) is 2.11. The Morgan fingerprint density at radius 3 is 2.82 bits per heavy atom. The van der Waals surface area contributed by atoms with Gasteiger partial charge in [-0.05, 0) is 68.7 Å². The number of allylic oxidation sites excluding steroid dienone is 1. The first kappa shape index (κ1) is 23.9. The van der Waals surface area contributed by atoms with Crippen molar-refractivity contribution >= 4 is 23.5 Å². The Kier molecular flexibility index (Phi) is 6.70. The predicted molar refractivity (Wildman–Crippen MR) is 129 cm³/mol. The van der Waals surface area contributed by atoms with Gasteiger partial charge in [0, 0.05) is 48.7 Å². The van der Waals surface area contributed by atoms with Gasteiger partial charge in [-0.2, -0.15) is 13.2 Å². The first-order valence-electron chi connectivity index (χ1n) is 11.4. The topological polar surface area (TPSA) is 60.2 Å². The first-order chi connectivity index (χ1) is 16.2. The highest BCUT2D eigenvalue weighted by atomic mass is 19.4. The monoisotopic (exact) mass is 470 g/mol. The van der Waals surface area contributed by atoms with E-state index in [1.54, 1.807) is 13.0 Å². The van der Waals surface area contributed by atoms with E-state index >= 15 is 0 Å². The maximum absolute atomic E-state index is 13.0. The minimum absolute atomic E-state index is 0.128. The van der Waals surface area contributed by atoms with Gasteiger partial charge in [-0.3, -0.25) is 9.69 Å². The molecule has 1 aromatic carbocycles. The molecule has 1 atom stereocenters. The highest BCUT2D eigenvalue weighted by Gasteiger charge is 2.31. The number of fused-ring (bicyclic) bond motifs is 1. The molecule has 3 N–H and O–H groups in total. The van der Waals surface area contributed by atoms with Gasteiger partial charge < -0.3 is 15.6 Å². The van der Waals surface area contributed by atoms with Crippen LogP contribution < -0.4 is 10.6 Å². The fraction of sp³-hybridized carbons (Fsp3) is 0.346. The summed E-state index contributed by atoms with van der Waals surface area (Å²) in [5.41, 5.74) is 4.36. The number of nitrogens with zero attached hydrogens (tertiary/aromatic N) is 1. The lowest BCUT2D eigenvalue weighted by atomic mass is 9.88. The van der Waals surface area contributed by atoms with E-state index in [0.717, 1.165) is 54.3 Å². The third-order valence-corrected chi connectivity index (χ3v) is 6.64. The zero-order valence-electron chi connectivity index (χ0n) is 19.5. The van der Waals surface area contributed by atoms with Crippen LogP contribution in [0.15, 0.2) is 64.9 Å². The van der Waals surface area contributed by atoms with Gasteiger partial charge in [-0.25, -0.2) is 0 Å². The minimum atomic E-state index is -4.46. The highest BCUT2D eigenvalue weighted by Crippen LogP contribution is 2.33. The van der Waals surface area contributed by atoms with E-state index in [2.05, 4.69) is 33.5 Å². The number of amides is 1. The third-order valence-electron chi connectivity index (χ3n) is 6.64. The number of halogens is 3. The molecule has 3 heterocycles. The van der Waals surface area contributed by atoms with Crippen molar-refractivity contribution in [1.29, 1.82) is 0 Å². The smallest absolute Gasteiger partial charge is 0.367 e. The van der Waals surface area contributed by atoms with Gasteiger partial charge in [0.15, 0.2) is 0 Å². The maximum atomic E-state index is 13.0. The Bertz CT molecular complexity index is 1170. The van der Waals surface area contributed by atoms with Gasteiger partial charge >= 0.3 is 6.18 Å². The van der Waals surface area contributed by atoms with E-state index in [-0.39, 0.29) is 11.7 Å². The van der Waals surface area contributed by atoms with Crippen LogP contribution in [0.3, 0.4) is 0 Å². The van der Waals surface area contributed by atoms with Gasteiger partial charge in [0.05, 0.1) is 5.56 Å². The second-order valence-electron chi connectivity index (χ2n) is 8.76. The normalized spacial score (nSPS) is 19.4. The molecular formula is C26H29F3N4O. The second-order valence-corrected chi connectivity index (χ2v) is 8.76. The standard InChI is InChI=1S/C26H29F3N4O/c1-4-22(25(34)32-21-7-5-6-20(13-21)26(27,28)29)23-9-11-33(17(3)16(23)2)15-18-12-19-8-10-30-24(19)31-14-18/h4-8,10,12-13,17,30-31H,9,11,14-15H2,1-3H3,(H,32,34)/b22-4+. The molecule has 0 saturated carbocycles. The van der Waals surface area contributed by atoms with E-state index in [9.17, 15) is 18.0 Å². The summed E-state index contributed by atoms with van der Waals surface area (Å²) >= 11 is 0. The Balaban J connectivity index is 1.48. The molecule has 0 bridgehead atoms. The van der Waals surface area contributed by atoms with E-state index in [4.69, 9.17) is 0 Å². The lowest BCUT2D eigenvalue weighted by Gasteiger charge is -2.37. The largest absolute Gasteiger partial charge is 0.416 e. The average Bonchev–Trinajstić information content (AvgIpc) is 3.26. The molecule has 5 nitrogen and oxygen atoms in total. The molecule has 1 amide bonds. The van der Waals surface area contributed by atoms with Crippen molar-refractivity contribution in [3.05, 3.63) is 76.0 Å². The number of aromatic amines is 1. The molecule has 0 aliphatic carbocycles. The van der Waals surface area contributed by atoms with Crippen LogP contribution in [-0.4, -0.2) is 41.5 Å². The lowest BCUT2D eigenvalue weighted by molar-refractivity contribution is -0.137. The van der Waals surface area contributed by atoms with Crippen molar-refractivity contribution < 1.29 is 18.0 Å². The quantitative estimate of drug-likeness (QED) is 0.482. The van der Waals surface area contributed by atoms with Gasteiger partial charge in [-0.1, -0.05) is 17.7 Å². The van der Waals surface area contributed by atoms with Crippen molar-refractivity contribution in [3.8, 4) is 0 Å². The molecule has 1 unspecified atom stereocenters. The number of hydrogen-bond donors (Lipinski definition) is 3. The lowest BCUT2D eigenvalue weighted by Crippen LogP contribution is -2.41. The fourth-order valence-electron chi connectivity index (χ4n) is 4.64. The van der Waals surface area contributed by atoms with Crippen LogP contribution in [0.25, 0.3) is 6.08 Å². The SMILES string of the molecule is C/C=C(/C(=O)Nc1cccc(C(F)(F)F)c1)C1=C(C)C(C)N(CC2=Cc3cc[nH]c3NC2)CC1. The number of aromatic nitrogens is 1. The molecule has 0 fully saturated rings. The molecule has 2 aliphatic rings. The number of nitrogens with one attached hydrogen (secondary N) is 3. The van der Waals surface area contributed by atoms with Crippen molar-refractivity contribution in [1.82, 2.24) is 9.88 Å². The average molecular weight is 471 g/mol. The second kappa shape index (κ2) is 9.54. The van der Waals surface area contributed by atoms with Crippen LogP contribution in [0.4, 0.5) is 24.7 Å². The van der Waals surface area contributed by atoms with Crippen LogP contribution in [-0.2, 0) is 11.0 Å². The Labute approximate surface area is 197 Å². The maximum Gasteiger partial charge on any atom is 0.416 e.